The molecule has 0 unspecified atom stereocenters. The van der Waals surface area contributed by atoms with Gasteiger partial charge in [-0.2, -0.15) is 26.3 Å². The molecule has 0 saturated heterocycles. The van der Waals surface area contributed by atoms with Gasteiger partial charge >= 0.3 is 12.4 Å². The maximum Gasteiger partial charge on any atom is 0.416 e. The maximum absolute atomic E-state index is 13.3. The van der Waals surface area contributed by atoms with Crippen LogP contribution in [0.2, 0.25) is 0 Å². The molecule has 0 aliphatic carbocycles. The highest BCUT2D eigenvalue weighted by molar-refractivity contribution is 5.99. The van der Waals surface area contributed by atoms with Crippen LogP contribution in [0.4, 0.5) is 32.2 Å². The number of anilines is 1. The first kappa shape index (κ1) is 25.2. The Morgan fingerprint density at radius 3 is 2.08 bits per heavy atom. The third-order valence-electron chi connectivity index (χ3n) is 5.77. The molecule has 0 fully saturated rings. The largest absolute Gasteiger partial charge is 0.416 e. The van der Waals surface area contributed by atoms with Gasteiger partial charge in [-0.15, -0.1) is 0 Å². The van der Waals surface area contributed by atoms with Crippen LogP contribution in [-0.4, -0.2) is 28.2 Å². The summed E-state index contributed by atoms with van der Waals surface area (Å²) >= 11 is 0. The van der Waals surface area contributed by atoms with Crippen LogP contribution in [0, 0.1) is 0 Å². The summed E-state index contributed by atoms with van der Waals surface area (Å²) in [6.07, 6.45) is -8.55. The van der Waals surface area contributed by atoms with Gasteiger partial charge in [0.05, 0.1) is 17.7 Å². The number of carbonyl (C=O) groups excluding carboxylic acids is 2. The van der Waals surface area contributed by atoms with Crippen molar-refractivity contribution >= 4 is 17.6 Å². The predicted octanol–water partition coefficient (Wildman–Crippen LogP) is 5.68. The number of halogens is 6. The number of pyridine rings is 1. The minimum absolute atomic E-state index is 0.0396. The number of carbonyl (C=O) groups is 2. The lowest BCUT2D eigenvalue weighted by Crippen LogP contribution is -2.39. The molecule has 0 N–H and O–H groups in total. The lowest BCUT2D eigenvalue weighted by atomic mass is 10.00. The molecule has 188 valence electrons. The standard InChI is InChI=1S/C25H19F6N3O2/c1-15(35)34-14-22(36)33(12-16-9-18(24(26,27)28)11-19(10-16)25(29,30)31)13-21-20(7-8-32-23(21)34)17-5-3-2-4-6-17/h2-11H,12-14H2,1H3. The van der Waals surface area contributed by atoms with E-state index < -0.39 is 48.4 Å². The molecule has 0 saturated carbocycles. The van der Waals surface area contributed by atoms with E-state index in [9.17, 15) is 35.9 Å². The van der Waals surface area contributed by atoms with E-state index in [-0.39, 0.29) is 24.0 Å². The van der Waals surface area contributed by atoms with Gasteiger partial charge in [0, 0.05) is 25.2 Å². The van der Waals surface area contributed by atoms with Crippen molar-refractivity contribution in [3.63, 3.8) is 0 Å². The fourth-order valence-corrected chi connectivity index (χ4v) is 4.08. The van der Waals surface area contributed by atoms with Gasteiger partial charge in [0.15, 0.2) is 0 Å². The third kappa shape index (κ3) is 5.19. The second kappa shape index (κ2) is 9.29. The number of fused-ring (bicyclic) bond motifs is 1. The lowest BCUT2D eigenvalue weighted by molar-refractivity contribution is -0.143. The molecule has 1 aliphatic rings. The maximum atomic E-state index is 13.3. The van der Waals surface area contributed by atoms with Gasteiger partial charge in [-0.05, 0) is 41.0 Å². The zero-order valence-electron chi connectivity index (χ0n) is 18.8. The number of hydrogen-bond donors (Lipinski definition) is 0. The van der Waals surface area contributed by atoms with Gasteiger partial charge in [0.2, 0.25) is 11.8 Å². The highest BCUT2D eigenvalue weighted by atomic mass is 19.4. The molecule has 36 heavy (non-hydrogen) atoms. The fraction of sp³-hybridized carbons (Fsp3) is 0.240. The van der Waals surface area contributed by atoms with Crippen molar-refractivity contribution in [3.05, 3.63) is 83.0 Å². The van der Waals surface area contributed by atoms with Gasteiger partial charge in [-0.25, -0.2) is 4.98 Å². The second-order valence-corrected chi connectivity index (χ2v) is 8.30. The van der Waals surface area contributed by atoms with Crippen molar-refractivity contribution in [1.82, 2.24) is 9.88 Å². The van der Waals surface area contributed by atoms with E-state index in [1.807, 2.05) is 0 Å². The minimum Gasteiger partial charge on any atom is -0.332 e. The van der Waals surface area contributed by atoms with Crippen LogP contribution >= 0.6 is 0 Å². The average Bonchev–Trinajstić information content (AvgIpc) is 2.95. The molecule has 5 nitrogen and oxygen atoms in total. The molecule has 0 atom stereocenters. The molecule has 4 rings (SSSR count). The van der Waals surface area contributed by atoms with Crippen LogP contribution in [0.5, 0.6) is 0 Å². The highest BCUT2D eigenvalue weighted by Gasteiger charge is 2.37. The Morgan fingerprint density at radius 2 is 1.53 bits per heavy atom. The summed E-state index contributed by atoms with van der Waals surface area (Å²) in [6, 6.07) is 11.9. The van der Waals surface area contributed by atoms with E-state index in [0.29, 0.717) is 23.3 Å². The number of alkyl halides is 6. The van der Waals surface area contributed by atoms with Crippen LogP contribution in [-0.2, 0) is 35.0 Å². The van der Waals surface area contributed by atoms with Gasteiger partial charge in [-0.1, -0.05) is 30.3 Å². The van der Waals surface area contributed by atoms with E-state index in [4.69, 9.17) is 0 Å². The first-order valence-corrected chi connectivity index (χ1v) is 10.7. The quantitative estimate of drug-likeness (QED) is 0.429. The number of benzene rings is 2. The van der Waals surface area contributed by atoms with Crippen molar-refractivity contribution in [1.29, 1.82) is 0 Å². The molecular formula is C25H19F6N3O2. The van der Waals surface area contributed by atoms with Crippen molar-refractivity contribution in [2.45, 2.75) is 32.4 Å². The Labute approximate surface area is 202 Å². The molecule has 1 aromatic heterocycles. The molecule has 1 aliphatic heterocycles. The Morgan fingerprint density at radius 1 is 0.917 bits per heavy atom. The topological polar surface area (TPSA) is 53.5 Å². The van der Waals surface area contributed by atoms with E-state index in [1.165, 1.54) is 13.1 Å². The molecule has 2 aromatic carbocycles. The summed E-state index contributed by atoms with van der Waals surface area (Å²) in [6.45, 7) is 0.0818. The first-order chi connectivity index (χ1) is 16.8. The number of nitrogens with zero attached hydrogens (tertiary/aromatic N) is 3. The Kier molecular flexibility index (Phi) is 6.50. The SMILES string of the molecule is CC(=O)N1CC(=O)N(Cc2cc(C(F)(F)F)cc(C(F)(F)F)c2)Cc2c(-c3ccccc3)ccnc21. The van der Waals surface area contributed by atoms with Crippen molar-refractivity contribution < 1.29 is 35.9 Å². The van der Waals surface area contributed by atoms with Crippen molar-refractivity contribution in [2.24, 2.45) is 0 Å². The fourth-order valence-electron chi connectivity index (χ4n) is 4.08. The summed E-state index contributed by atoms with van der Waals surface area (Å²) in [4.78, 5) is 32.0. The van der Waals surface area contributed by atoms with Crippen LogP contribution in [0.25, 0.3) is 11.1 Å². The zero-order chi connectivity index (χ0) is 26.3. The number of rotatable bonds is 3. The zero-order valence-corrected chi connectivity index (χ0v) is 18.8. The number of aromatic nitrogens is 1. The monoisotopic (exact) mass is 507 g/mol. The molecule has 2 heterocycles. The summed E-state index contributed by atoms with van der Waals surface area (Å²) in [5.41, 5.74) is -1.45. The first-order valence-electron chi connectivity index (χ1n) is 10.7. The van der Waals surface area contributed by atoms with Crippen molar-refractivity contribution in [3.8, 4) is 11.1 Å². The average molecular weight is 507 g/mol. The van der Waals surface area contributed by atoms with E-state index in [0.717, 1.165) is 15.4 Å². The van der Waals surface area contributed by atoms with Crippen molar-refractivity contribution in [2.75, 3.05) is 11.4 Å². The van der Waals surface area contributed by atoms with E-state index in [2.05, 4.69) is 4.98 Å². The van der Waals surface area contributed by atoms with E-state index >= 15 is 0 Å². The van der Waals surface area contributed by atoms with E-state index in [1.54, 1.807) is 36.4 Å². The molecule has 2 amide bonds. The highest BCUT2D eigenvalue weighted by Crippen LogP contribution is 2.38. The molecule has 0 spiro atoms. The Balaban J connectivity index is 1.80. The predicted molar refractivity (Wildman–Crippen MR) is 118 cm³/mol. The number of amides is 2. The van der Waals surface area contributed by atoms with Gasteiger partial charge in [0.25, 0.3) is 0 Å². The summed E-state index contributed by atoms with van der Waals surface area (Å²) in [5, 5.41) is 0. The smallest absolute Gasteiger partial charge is 0.332 e. The van der Waals surface area contributed by atoms with Crippen LogP contribution in [0.1, 0.15) is 29.2 Å². The summed E-state index contributed by atoms with van der Waals surface area (Å²) in [7, 11) is 0. The van der Waals surface area contributed by atoms with Crippen LogP contribution in [0.3, 0.4) is 0 Å². The summed E-state index contributed by atoms with van der Waals surface area (Å²) < 4.78 is 80.0. The van der Waals surface area contributed by atoms with Crippen LogP contribution in [0.15, 0.2) is 60.8 Å². The number of hydrogen-bond acceptors (Lipinski definition) is 3. The molecule has 0 bridgehead atoms. The van der Waals surface area contributed by atoms with Gasteiger partial charge in [-0.3, -0.25) is 14.5 Å². The molecule has 3 aromatic rings. The second-order valence-electron chi connectivity index (χ2n) is 8.30. The summed E-state index contributed by atoms with van der Waals surface area (Å²) in [5.74, 6) is -0.921. The van der Waals surface area contributed by atoms with Gasteiger partial charge in [0.1, 0.15) is 12.4 Å². The minimum atomic E-state index is -5.01. The lowest BCUT2D eigenvalue weighted by Gasteiger charge is -2.23. The molecule has 11 heteroatoms. The normalized spacial score (nSPS) is 14.5. The van der Waals surface area contributed by atoms with Crippen LogP contribution < -0.4 is 4.90 Å². The third-order valence-corrected chi connectivity index (χ3v) is 5.77. The van der Waals surface area contributed by atoms with Gasteiger partial charge < -0.3 is 4.90 Å². The Hall–Kier alpha value is -3.89. The molecule has 0 radical (unpaired) electrons. The molecular weight excluding hydrogens is 488 g/mol. The Bertz CT molecular complexity index is 1270.